The number of anilines is 1. The third-order valence-corrected chi connectivity index (χ3v) is 12.4. The van der Waals surface area contributed by atoms with E-state index in [2.05, 4.69) is 111 Å². The lowest BCUT2D eigenvalue weighted by molar-refractivity contribution is -0.668. The number of allylic oxidation sites excluding steroid dienone is 2. The Morgan fingerprint density at radius 1 is 0.849 bits per heavy atom. The van der Waals surface area contributed by atoms with Gasteiger partial charge in [-0.3, -0.25) is 0 Å². The number of thiazole rings is 1. The van der Waals surface area contributed by atoms with Crippen molar-refractivity contribution in [2.45, 2.75) is 42.5 Å². The van der Waals surface area contributed by atoms with Crippen molar-refractivity contribution in [2.75, 3.05) is 11.4 Å². The largest absolute Gasteiger partial charge is 0.872 e. The molecule has 0 bridgehead atoms. The summed E-state index contributed by atoms with van der Waals surface area (Å²) >= 11 is 4.39. The van der Waals surface area contributed by atoms with Gasteiger partial charge in [0.2, 0.25) is 5.52 Å². The Hall–Kier alpha value is -4.81. The van der Waals surface area contributed by atoms with Gasteiger partial charge in [0.25, 0.3) is 5.01 Å². The number of rotatable bonds is 12. The van der Waals surface area contributed by atoms with Crippen LogP contribution >= 0.6 is 35.1 Å². The van der Waals surface area contributed by atoms with Crippen LogP contribution in [0.15, 0.2) is 142 Å². The van der Waals surface area contributed by atoms with Gasteiger partial charge in [-0.05, 0) is 82.4 Å². The molecule has 10 heteroatoms. The van der Waals surface area contributed by atoms with E-state index < -0.39 is 0 Å². The number of aromatic hydroxyl groups is 1. The molecule has 1 aliphatic heterocycles. The van der Waals surface area contributed by atoms with Crippen LogP contribution in [0.2, 0.25) is 0 Å². The van der Waals surface area contributed by atoms with Gasteiger partial charge < -0.3 is 15.1 Å². The van der Waals surface area contributed by atoms with Gasteiger partial charge in [-0.25, -0.2) is 5.26 Å². The Bertz CT molecular complexity index is 2530. The number of aromatic nitrogens is 1. The first kappa shape index (κ1) is 35.2. The molecule has 1 aromatic heterocycles. The number of phenols is 1. The maximum Gasteiger partial charge on any atom is 0.263 e. The molecule has 53 heavy (non-hydrogen) atoms. The second-order valence-corrected chi connectivity index (χ2v) is 15.8. The fourth-order valence-electron chi connectivity index (χ4n) is 6.86. The van der Waals surface area contributed by atoms with Gasteiger partial charge in [0.05, 0.1) is 22.8 Å². The van der Waals surface area contributed by atoms with E-state index in [0.717, 1.165) is 51.7 Å². The van der Waals surface area contributed by atoms with Crippen molar-refractivity contribution in [3.05, 3.63) is 148 Å². The predicted molar refractivity (Wildman–Crippen MR) is 215 cm³/mol. The van der Waals surface area contributed by atoms with Gasteiger partial charge in [0, 0.05) is 40.5 Å². The molecule has 0 amide bonds. The molecule has 0 atom stereocenters. The van der Waals surface area contributed by atoms with Gasteiger partial charge in [-0.1, -0.05) is 113 Å². The van der Waals surface area contributed by atoms with Crippen LogP contribution < -0.4 is 14.6 Å². The number of thioether (sulfide) groups is 1. The number of fused-ring (bicyclic) bond motifs is 4. The quantitative estimate of drug-likeness (QED) is 0.0551. The van der Waals surface area contributed by atoms with E-state index >= 15 is 0 Å². The van der Waals surface area contributed by atoms with Gasteiger partial charge in [0.1, 0.15) is 10.4 Å². The van der Waals surface area contributed by atoms with Crippen molar-refractivity contribution >= 4 is 78.7 Å². The molecule has 0 radical (unpaired) electrons. The van der Waals surface area contributed by atoms with E-state index in [1.807, 2.05) is 18.2 Å². The molecule has 1 aliphatic rings. The predicted octanol–water partition coefficient (Wildman–Crippen LogP) is 10.4. The summed E-state index contributed by atoms with van der Waals surface area (Å²) in [4.78, 5) is 4.17. The first-order valence-corrected chi connectivity index (χ1v) is 19.8. The topological polar surface area (TPSA) is 89.1 Å². The summed E-state index contributed by atoms with van der Waals surface area (Å²) in [6.07, 6.45) is 6.64. The van der Waals surface area contributed by atoms with Crippen molar-refractivity contribution in [2.24, 2.45) is 0 Å². The van der Waals surface area contributed by atoms with E-state index in [-0.39, 0.29) is 5.75 Å². The molecule has 0 fully saturated rings. The Kier molecular flexibility index (Phi) is 10.4. The fraction of sp³-hybridized carbons (Fsp3) is 0.140. The summed E-state index contributed by atoms with van der Waals surface area (Å²) in [6.45, 7) is 3.50. The third-order valence-electron chi connectivity index (χ3n) is 9.62. The zero-order valence-electron chi connectivity index (χ0n) is 28.9. The van der Waals surface area contributed by atoms with Crippen LogP contribution in [-0.4, -0.2) is 16.9 Å². The second kappa shape index (κ2) is 15.7. The Labute approximate surface area is 320 Å². The summed E-state index contributed by atoms with van der Waals surface area (Å²) in [5.41, 5.74) is 5.07. The van der Waals surface area contributed by atoms with Crippen LogP contribution in [0.3, 0.4) is 0 Å². The molecule has 0 aliphatic carbocycles. The van der Waals surface area contributed by atoms with E-state index in [9.17, 15) is 10.2 Å². The monoisotopic (exact) mass is 756 g/mol. The molecule has 2 N–H and O–H groups in total. The van der Waals surface area contributed by atoms with Crippen LogP contribution in [0.25, 0.3) is 37.8 Å². The summed E-state index contributed by atoms with van der Waals surface area (Å²) in [7, 11) is 0. The molecular weight excluding hydrogens is 721 g/mol. The summed E-state index contributed by atoms with van der Waals surface area (Å²) in [5.74, 6) is 0.275. The zero-order valence-corrected chi connectivity index (χ0v) is 31.3. The van der Waals surface area contributed by atoms with Crippen molar-refractivity contribution in [3.8, 4) is 11.5 Å². The maximum absolute atomic E-state index is 12.9. The normalized spacial score (nSPS) is 13.9. The molecule has 266 valence electrons. The van der Waals surface area contributed by atoms with Gasteiger partial charge in [-0.15, -0.1) is 10.1 Å². The lowest BCUT2D eigenvalue weighted by Crippen LogP contribution is -2.36. The second-order valence-electron chi connectivity index (χ2n) is 12.9. The lowest BCUT2D eigenvalue weighted by atomic mass is 10.1. The lowest BCUT2D eigenvalue weighted by Gasteiger charge is -2.23. The van der Waals surface area contributed by atoms with Gasteiger partial charge in [-0.2, -0.15) is 4.57 Å². The minimum atomic E-state index is -0.0460. The highest BCUT2D eigenvalue weighted by atomic mass is 32.2. The molecule has 7 nitrogen and oxygen atoms in total. The molecule has 7 aromatic rings. The van der Waals surface area contributed by atoms with Crippen molar-refractivity contribution < 1.29 is 29.4 Å². The molecule has 8 rings (SSSR count). The van der Waals surface area contributed by atoms with Crippen LogP contribution in [-0.2, 0) is 28.8 Å². The minimum Gasteiger partial charge on any atom is -0.872 e. The van der Waals surface area contributed by atoms with Gasteiger partial charge in [0.15, 0.2) is 6.54 Å². The summed E-state index contributed by atoms with van der Waals surface area (Å²) in [5, 5.41) is 42.9. The number of hydrogen-bond acceptors (Lipinski definition) is 9. The van der Waals surface area contributed by atoms with E-state index in [1.165, 1.54) is 42.9 Å². The SMILES string of the molecule is CCC(=Cc1sc2cc3ccccc3cc2[n+]1CCc1ccccc1O)C=C1Sc2cc3ccccc3cc2N1CCc1cc(SOOO)ccc1[O-]. The number of nitrogens with zero attached hydrogens (tertiary/aromatic N) is 2. The standard InChI is InChI=1S/C43H36N2O5S3/c1-2-28(21-42-44(19-17-29-9-7-8-14-38(29)46)36-24-30-10-3-5-12-32(30)26-40(36)51-42)22-43-45(20-18-34-23-35(53-50-49-48)15-16-39(34)47)37-25-31-11-4-6-13-33(31)27-41(37)52-43/h3-16,21-27H,2,17-20H2,1H3,(H2-,46,47,48). The molecule has 0 unspecified atom stereocenters. The Morgan fingerprint density at radius 3 is 2.32 bits per heavy atom. The number of phenolic OH excluding ortho intramolecular Hbond substituents is 1. The first-order valence-electron chi connectivity index (χ1n) is 17.4. The van der Waals surface area contributed by atoms with Crippen molar-refractivity contribution in [1.82, 2.24) is 0 Å². The third kappa shape index (κ3) is 7.52. The number of hydrogen-bond donors (Lipinski definition) is 2. The average Bonchev–Trinajstić information content (AvgIpc) is 3.69. The van der Waals surface area contributed by atoms with Crippen molar-refractivity contribution in [1.29, 1.82) is 0 Å². The summed E-state index contributed by atoms with van der Waals surface area (Å²) in [6, 6.07) is 38.5. The Morgan fingerprint density at radius 2 is 1.57 bits per heavy atom. The highest BCUT2D eigenvalue weighted by molar-refractivity contribution is 8.03. The van der Waals surface area contributed by atoms with Crippen LogP contribution in [0.1, 0.15) is 29.5 Å². The summed E-state index contributed by atoms with van der Waals surface area (Å²) < 4.78 is 8.23. The minimum absolute atomic E-state index is 0.0460. The van der Waals surface area contributed by atoms with Crippen molar-refractivity contribution in [3.63, 3.8) is 0 Å². The molecule has 6 aromatic carbocycles. The van der Waals surface area contributed by atoms with Crippen LogP contribution in [0, 0.1) is 0 Å². The maximum atomic E-state index is 12.9. The smallest absolute Gasteiger partial charge is 0.263 e. The zero-order chi connectivity index (χ0) is 36.3. The highest BCUT2D eigenvalue weighted by Crippen LogP contribution is 2.48. The first-order chi connectivity index (χ1) is 26.0. The van der Waals surface area contributed by atoms with E-state index in [0.29, 0.717) is 35.6 Å². The highest BCUT2D eigenvalue weighted by Gasteiger charge is 2.27. The van der Waals surface area contributed by atoms with E-state index in [1.54, 1.807) is 41.3 Å². The fourth-order valence-corrected chi connectivity index (χ4v) is 9.67. The molecular formula is C43H36N2O5S3. The number of aryl methyl sites for hydroxylation is 2. The number of benzene rings is 6. The Balaban J connectivity index is 1.18. The molecule has 0 spiro atoms. The van der Waals surface area contributed by atoms with Crippen LogP contribution in [0.4, 0.5) is 5.69 Å². The molecule has 2 heterocycles. The van der Waals surface area contributed by atoms with Crippen LogP contribution in [0.5, 0.6) is 11.5 Å². The van der Waals surface area contributed by atoms with E-state index in [4.69, 9.17) is 5.26 Å². The average molecular weight is 757 g/mol. The molecule has 0 saturated carbocycles. The number of para-hydroxylation sites is 1. The molecule has 0 saturated heterocycles. The van der Waals surface area contributed by atoms with Gasteiger partial charge >= 0.3 is 0 Å².